The van der Waals surface area contributed by atoms with Crippen LogP contribution in [0.25, 0.3) is 0 Å². The molecule has 2 aromatic rings. The Morgan fingerprint density at radius 2 is 1.88 bits per heavy atom. The summed E-state index contributed by atoms with van der Waals surface area (Å²) in [6.07, 6.45) is 3.86. The molecule has 2 aromatic carbocycles. The number of likely N-dealkylation sites (tertiary alicyclic amines) is 1. The lowest BCUT2D eigenvalue weighted by molar-refractivity contribution is 0.111. The van der Waals surface area contributed by atoms with Crippen LogP contribution in [0.15, 0.2) is 42.5 Å². The van der Waals surface area contributed by atoms with Gasteiger partial charge in [0.25, 0.3) is 0 Å². The second-order valence-corrected chi connectivity index (χ2v) is 7.24. The van der Waals surface area contributed by atoms with E-state index in [2.05, 4.69) is 11.8 Å². The first-order chi connectivity index (χ1) is 12.6. The van der Waals surface area contributed by atoms with Crippen LogP contribution in [0.3, 0.4) is 0 Å². The summed E-state index contributed by atoms with van der Waals surface area (Å²) >= 11 is 0. The molecule has 1 unspecified atom stereocenters. The molecule has 0 bridgehead atoms. The van der Waals surface area contributed by atoms with E-state index in [1.807, 2.05) is 24.3 Å². The normalized spacial score (nSPS) is 17.2. The Bertz CT molecular complexity index is 736. The minimum absolute atomic E-state index is 0.0704. The van der Waals surface area contributed by atoms with Gasteiger partial charge in [0.05, 0.1) is 5.56 Å². The summed E-state index contributed by atoms with van der Waals surface area (Å²) in [5.41, 5.74) is 2.54. The van der Waals surface area contributed by atoms with Gasteiger partial charge < -0.3 is 10.0 Å². The van der Waals surface area contributed by atoms with E-state index in [0.717, 1.165) is 56.3 Å². The maximum atomic E-state index is 13.0. The topological polar surface area (TPSA) is 40.5 Å². The number of rotatable bonds is 6. The van der Waals surface area contributed by atoms with Crippen molar-refractivity contribution in [2.75, 3.05) is 19.6 Å². The molecule has 3 nitrogen and oxygen atoms in total. The van der Waals surface area contributed by atoms with E-state index in [-0.39, 0.29) is 17.5 Å². The quantitative estimate of drug-likeness (QED) is 0.781. The van der Waals surface area contributed by atoms with Crippen LogP contribution in [0, 0.1) is 11.7 Å². The Kier molecular flexibility index (Phi) is 6.04. The lowest BCUT2D eigenvalue weighted by Crippen LogP contribution is -2.36. The number of piperidine rings is 1. The second-order valence-electron chi connectivity index (χ2n) is 7.24. The fourth-order valence-corrected chi connectivity index (χ4v) is 3.96. The van der Waals surface area contributed by atoms with Gasteiger partial charge in [0.15, 0.2) is 6.29 Å². The summed E-state index contributed by atoms with van der Waals surface area (Å²) in [4.78, 5) is 13.8. The molecule has 1 N–H and O–H groups in total. The van der Waals surface area contributed by atoms with Crippen molar-refractivity contribution in [1.82, 2.24) is 4.90 Å². The summed E-state index contributed by atoms with van der Waals surface area (Å²) in [6, 6.07) is 12.1. The van der Waals surface area contributed by atoms with Gasteiger partial charge in [-0.05, 0) is 73.5 Å². The van der Waals surface area contributed by atoms with Crippen LogP contribution in [0.4, 0.5) is 4.39 Å². The van der Waals surface area contributed by atoms with E-state index in [9.17, 15) is 14.3 Å². The predicted molar refractivity (Wildman–Crippen MR) is 101 cm³/mol. The molecule has 0 aliphatic carbocycles. The zero-order valence-corrected chi connectivity index (χ0v) is 15.2. The molecule has 3 rings (SSSR count). The zero-order chi connectivity index (χ0) is 18.5. The maximum Gasteiger partial charge on any atom is 0.154 e. The fourth-order valence-electron chi connectivity index (χ4n) is 3.96. The fraction of sp³-hybridized carbons (Fsp3) is 0.409. The van der Waals surface area contributed by atoms with Gasteiger partial charge in [0.2, 0.25) is 0 Å². The molecule has 4 heteroatoms. The first-order valence-electron chi connectivity index (χ1n) is 9.32. The third kappa shape index (κ3) is 4.31. The number of carbonyl (C=O) groups is 1. The Hall–Kier alpha value is -2.20. The highest BCUT2D eigenvalue weighted by Crippen LogP contribution is 2.35. The molecule has 1 aliphatic heterocycles. The van der Waals surface area contributed by atoms with Crippen molar-refractivity contribution in [3.63, 3.8) is 0 Å². The van der Waals surface area contributed by atoms with E-state index in [1.54, 1.807) is 6.07 Å². The van der Waals surface area contributed by atoms with Crippen LogP contribution in [-0.4, -0.2) is 35.9 Å². The van der Waals surface area contributed by atoms with E-state index in [4.69, 9.17) is 0 Å². The number of phenols is 1. The summed E-state index contributed by atoms with van der Waals surface area (Å²) in [5, 5.41) is 9.91. The number of hydrogen-bond acceptors (Lipinski definition) is 3. The van der Waals surface area contributed by atoms with Crippen molar-refractivity contribution < 1.29 is 14.3 Å². The van der Waals surface area contributed by atoms with Crippen LogP contribution in [0.2, 0.25) is 0 Å². The Morgan fingerprint density at radius 1 is 1.19 bits per heavy atom. The molecule has 138 valence electrons. The van der Waals surface area contributed by atoms with Crippen molar-refractivity contribution in [2.45, 2.75) is 32.1 Å². The molecule has 0 radical (unpaired) electrons. The largest absolute Gasteiger partial charge is 0.507 e. The SMILES string of the molecule is CC(c1cccc(O)c1C=O)C1CCN(CCc2ccc(F)cc2)CC1. The number of hydrogen-bond donors (Lipinski definition) is 1. The van der Waals surface area contributed by atoms with Gasteiger partial charge >= 0.3 is 0 Å². The highest BCUT2D eigenvalue weighted by atomic mass is 19.1. The first kappa shape index (κ1) is 18.6. The van der Waals surface area contributed by atoms with Crippen molar-refractivity contribution in [2.24, 2.45) is 5.92 Å². The van der Waals surface area contributed by atoms with E-state index >= 15 is 0 Å². The number of carbonyl (C=O) groups excluding carboxylic acids is 1. The van der Waals surface area contributed by atoms with Gasteiger partial charge in [-0.3, -0.25) is 4.79 Å². The van der Waals surface area contributed by atoms with Gasteiger partial charge in [0, 0.05) is 6.54 Å². The van der Waals surface area contributed by atoms with Crippen LogP contribution in [-0.2, 0) is 6.42 Å². The molecule has 1 fully saturated rings. The van der Waals surface area contributed by atoms with Gasteiger partial charge in [-0.2, -0.15) is 0 Å². The molecule has 1 aliphatic rings. The molecule has 0 amide bonds. The van der Waals surface area contributed by atoms with Crippen LogP contribution in [0.5, 0.6) is 5.75 Å². The number of nitrogens with zero attached hydrogens (tertiary/aromatic N) is 1. The number of phenolic OH excluding ortho intramolecular Hbond substituents is 1. The Balaban J connectivity index is 1.54. The third-order valence-corrected chi connectivity index (χ3v) is 5.69. The van der Waals surface area contributed by atoms with Crippen molar-refractivity contribution in [1.29, 1.82) is 0 Å². The first-order valence-corrected chi connectivity index (χ1v) is 9.32. The van der Waals surface area contributed by atoms with Crippen LogP contribution >= 0.6 is 0 Å². The summed E-state index contributed by atoms with van der Waals surface area (Å²) in [6.45, 7) is 5.20. The lowest BCUT2D eigenvalue weighted by atomic mass is 9.79. The van der Waals surface area contributed by atoms with E-state index in [0.29, 0.717) is 11.5 Å². The van der Waals surface area contributed by atoms with Gasteiger partial charge in [-0.15, -0.1) is 0 Å². The van der Waals surface area contributed by atoms with Crippen LogP contribution in [0.1, 0.15) is 47.2 Å². The van der Waals surface area contributed by atoms with Crippen molar-refractivity contribution in [3.8, 4) is 5.75 Å². The average Bonchev–Trinajstić information content (AvgIpc) is 2.67. The second kappa shape index (κ2) is 8.45. The zero-order valence-electron chi connectivity index (χ0n) is 15.2. The van der Waals surface area contributed by atoms with Crippen molar-refractivity contribution in [3.05, 3.63) is 65.0 Å². The number of benzene rings is 2. The molecular weight excluding hydrogens is 329 g/mol. The third-order valence-electron chi connectivity index (χ3n) is 5.69. The molecule has 0 aromatic heterocycles. The van der Waals surface area contributed by atoms with E-state index < -0.39 is 0 Å². The monoisotopic (exact) mass is 355 g/mol. The van der Waals surface area contributed by atoms with Gasteiger partial charge in [0.1, 0.15) is 11.6 Å². The highest BCUT2D eigenvalue weighted by molar-refractivity contribution is 5.81. The Labute approximate surface area is 154 Å². The average molecular weight is 355 g/mol. The minimum Gasteiger partial charge on any atom is -0.507 e. The molecule has 0 spiro atoms. The highest BCUT2D eigenvalue weighted by Gasteiger charge is 2.26. The lowest BCUT2D eigenvalue weighted by Gasteiger charge is -2.35. The van der Waals surface area contributed by atoms with E-state index in [1.165, 1.54) is 12.1 Å². The summed E-state index contributed by atoms with van der Waals surface area (Å²) < 4.78 is 13.0. The Morgan fingerprint density at radius 3 is 2.54 bits per heavy atom. The van der Waals surface area contributed by atoms with Gasteiger partial charge in [-0.1, -0.05) is 31.2 Å². The number of halogens is 1. The summed E-state index contributed by atoms with van der Waals surface area (Å²) in [5.74, 6) is 0.644. The standard InChI is InChI=1S/C22H26FNO2/c1-16(20-3-2-4-22(26)21(20)15-25)18-10-13-24(14-11-18)12-9-17-5-7-19(23)8-6-17/h2-8,15-16,18,26H,9-14H2,1H3. The molecule has 1 atom stereocenters. The predicted octanol–water partition coefficient (Wildman–Crippen LogP) is 4.40. The van der Waals surface area contributed by atoms with Crippen LogP contribution < -0.4 is 0 Å². The van der Waals surface area contributed by atoms with Crippen molar-refractivity contribution >= 4 is 6.29 Å². The molecule has 0 saturated carbocycles. The molecule has 1 heterocycles. The minimum atomic E-state index is -0.190. The van der Waals surface area contributed by atoms with Gasteiger partial charge in [-0.25, -0.2) is 4.39 Å². The summed E-state index contributed by atoms with van der Waals surface area (Å²) in [7, 11) is 0. The molecule has 26 heavy (non-hydrogen) atoms. The smallest absolute Gasteiger partial charge is 0.154 e. The molecule has 1 saturated heterocycles. The maximum absolute atomic E-state index is 13.0. The number of aldehydes is 1. The number of aromatic hydroxyl groups is 1. The molecular formula is C22H26FNO2.